The Labute approximate surface area is 171 Å². The minimum absolute atomic E-state index is 0.249. The lowest BCUT2D eigenvalue weighted by Crippen LogP contribution is -2.64. The molecule has 3 rings (SSSR count). The first-order valence-electron chi connectivity index (χ1n) is 9.08. The summed E-state index contributed by atoms with van der Waals surface area (Å²) in [6.07, 6.45) is -4.03. The molecule has 0 spiro atoms. The number of rotatable bonds is 5. The van der Waals surface area contributed by atoms with E-state index < -0.39 is 59.2 Å². The minimum Gasteiger partial charge on any atom is -0.394 e. The molecular formula is C20H22O8S. The molecule has 8 nitrogen and oxygen atoms in total. The second-order valence-corrected chi connectivity index (χ2v) is 8.59. The number of aryl methyl sites for hydroxylation is 1. The number of aliphatic hydroxyl groups excluding tert-OH is 4. The van der Waals surface area contributed by atoms with Crippen molar-refractivity contribution in [2.45, 2.75) is 47.6 Å². The molecule has 9 heteroatoms. The number of benzene rings is 1. The summed E-state index contributed by atoms with van der Waals surface area (Å²) in [4.78, 5) is 34.6. The number of thioether (sulfide) groups is 1. The lowest BCUT2D eigenvalue weighted by molar-refractivity contribution is -0.244. The van der Waals surface area contributed by atoms with Gasteiger partial charge in [-0.05, 0) is 25.1 Å². The highest BCUT2D eigenvalue weighted by molar-refractivity contribution is 8.00. The molecule has 0 bridgehead atoms. The Morgan fingerprint density at radius 2 is 1.72 bits per heavy atom. The first kappa shape index (κ1) is 21.8. The van der Waals surface area contributed by atoms with E-state index in [9.17, 15) is 34.8 Å². The third-order valence-electron chi connectivity index (χ3n) is 5.12. The topological polar surface area (TPSA) is 141 Å². The predicted octanol–water partition coefficient (Wildman–Crippen LogP) is -0.459. The molecule has 1 aromatic carbocycles. The highest BCUT2D eigenvalue weighted by Gasteiger charge is 2.55. The molecule has 1 unspecified atom stereocenters. The summed E-state index contributed by atoms with van der Waals surface area (Å²) >= 11 is 1.01. The quantitative estimate of drug-likeness (QED) is 0.464. The van der Waals surface area contributed by atoms with Crippen LogP contribution in [0.5, 0.6) is 0 Å². The van der Waals surface area contributed by atoms with Crippen LogP contribution in [0.25, 0.3) is 0 Å². The van der Waals surface area contributed by atoms with Crippen LogP contribution in [0.15, 0.2) is 41.3 Å². The van der Waals surface area contributed by atoms with Crippen LogP contribution in [0.3, 0.4) is 0 Å². The molecule has 1 heterocycles. The highest BCUT2D eigenvalue weighted by atomic mass is 32.2. The number of Topliss-reactive ketones (excluding diaryl/α,β-unsaturated/α-hetero) is 2. The van der Waals surface area contributed by atoms with Crippen LogP contribution in [0.2, 0.25) is 0 Å². The first-order chi connectivity index (χ1) is 13.7. The van der Waals surface area contributed by atoms with Crippen molar-refractivity contribution in [3.63, 3.8) is 0 Å². The number of aliphatic hydroxyl groups is 4. The number of ketones is 3. The third kappa shape index (κ3) is 4.20. The number of ether oxygens (including phenoxy) is 1. The van der Waals surface area contributed by atoms with E-state index in [1.807, 2.05) is 19.1 Å². The Hall–Kier alpha value is -1.88. The van der Waals surface area contributed by atoms with Crippen LogP contribution in [0.1, 0.15) is 12.0 Å². The number of allylic oxidation sites excluding steroid dienone is 2. The number of carbonyl (C=O) groups is 3. The Bertz CT molecular complexity index is 833. The van der Waals surface area contributed by atoms with E-state index in [1.165, 1.54) is 6.08 Å². The lowest BCUT2D eigenvalue weighted by atomic mass is 9.83. The van der Waals surface area contributed by atoms with Crippen LogP contribution in [0.4, 0.5) is 0 Å². The van der Waals surface area contributed by atoms with Gasteiger partial charge < -0.3 is 25.2 Å². The van der Waals surface area contributed by atoms with Crippen LogP contribution < -0.4 is 0 Å². The van der Waals surface area contributed by atoms with Gasteiger partial charge in [-0.25, -0.2) is 0 Å². The molecule has 4 N–H and O–H groups in total. The molecule has 0 aromatic heterocycles. The second-order valence-electron chi connectivity index (χ2n) is 7.22. The molecule has 1 aliphatic heterocycles. The van der Waals surface area contributed by atoms with E-state index in [-0.39, 0.29) is 6.42 Å². The number of hydrogen-bond acceptors (Lipinski definition) is 9. The monoisotopic (exact) mass is 422 g/mol. The maximum absolute atomic E-state index is 12.3. The van der Waals surface area contributed by atoms with Gasteiger partial charge in [0, 0.05) is 17.2 Å². The molecule has 29 heavy (non-hydrogen) atoms. The van der Waals surface area contributed by atoms with Gasteiger partial charge in [0.05, 0.1) is 6.61 Å². The van der Waals surface area contributed by atoms with Gasteiger partial charge in [-0.1, -0.05) is 35.5 Å². The van der Waals surface area contributed by atoms with Gasteiger partial charge in [0.25, 0.3) is 5.78 Å². The van der Waals surface area contributed by atoms with E-state index in [0.717, 1.165) is 23.4 Å². The van der Waals surface area contributed by atoms with Gasteiger partial charge in [-0.2, -0.15) is 0 Å². The number of hydrogen-bond donors (Lipinski definition) is 4. The second kappa shape index (κ2) is 8.47. The maximum atomic E-state index is 12.3. The lowest BCUT2D eigenvalue weighted by Gasteiger charge is -2.49. The van der Waals surface area contributed by atoms with Crippen molar-refractivity contribution in [2.75, 3.05) is 6.61 Å². The molecule has 1 aliphatic carbocycles. The SMILES string of the molecule is Cc1ccc(S[C@@]2(CC3C=CC(=O)C(=O)C3=O)O[C@H](CO)[C@H](O)[C@H](O)[C@H]2O)cc1. The molecule has 0 saturated carbocycles. The van der Waals surface area contributed by atoms with Gasteiger partial charge in [0.1, 0.15) is 29.3 Å². The zero-order valence-corrected chi connectivity index (χ0v) is 16.4. The standard InChI is InChI=1S/C20H22O8S/c1-10-2-5-12(6-3-10)29-20(8-11-4-7-13(22)16(24)15(11)23)19(27)18(26)17(25)14(9-21)28-20/h2-7,11,14,17-19,21,25-27H,8-9H2,1H3/t11?,14-,17+,18+,19-,20-/m1/s1. The van der Waals surface area contributed by atoms with Gasteiger partial charge in [0.15, 0.2) is 0 Å². The third-order valence-corrected chi connectivity index (χ3v) is 6.47. The van der Waals surface area contributed by atoms with Gasteiger partial charge in [0.2, 0.25) is 11.6 Å². The van der Waals surface area contributed by atoms with Crippen LogP contribution >= 0.6 is 11.8 Å². The Balaban J connectivity index is 2.00. The van der Waals surface area contributed by atoms with Crippen LogP contribution in [-0.4, -0.2) is 73.7 Å². The summed E-state index contributed by atoms with van der Waals surface area (Å²) in [5.74, 6) is -4.06. The molecule has 0 amide bonds. The first-order valence-corrected chi connectivity index (χ1v) is 9.89. The molecule has 1 fully saturated rings. The number of carbonyl (C=O) groups excluding carboxylic acids is 3. The molecule has 2 aliphatic rings. The minimum atomic E-state index is -1.66. The summed E-state index contributed by atoms with van der Waals surface area (Å²) in [6.45, 7) is 1.26. The van der Waals surface area contributed by atoms with Gasteiger partial charge in [-0.15, -0.1) is 0 Å². The molecule has 0 radical (unpaired) electrons. The summed E-state index contributed by atoms with van der Waals surface area (Å²) in [5.41, 5.74) is 0.992. The summed E-state index contributed by atoms with van der Waals surface area (Å²) < 4.78 is 5.84. The highest BCUT2D eigenvalue weighted by Crippen LogP contribution is 2.47. The van der Waals surface area contributed by atoms with Crippen LogP contribution in [-0.2, 0) is 19.1 Å². The summed E-state index contributed by atoms with van der Waals surface area (Å²) in [7, 11) is 0. The Morgan fingerprint density at radius 1 is 1.07 bits per heavy atom. The largest absolute Gasteiger partial charge is 0.394 e. The van der Waals surface area contributed by atoms with E-state index in [2.05, 4.69) is 0 Å². The fourth-order valence-corrected chi connectivity index (χ4v) is 4.80. The molecule has 6 atom stereocenters. The van der Waals surface area contributed by atoms with E-state index >= 15 is 0 Å². The molecular weight excluding hydrogens is 400 g/mol. The molecule has 1 saturated heterocycles. The summed E-state index contributed by atoms with van der Waals surface area (Å²) in [6, 6.07) is 7.18. The van der Waals surface area contributed by atoms with E-state index in [0.29, 0.717) is 4.90 Å². The average Bonchev–Trinajstić information content (AvgIpc) is 2.71. The molecule has 156 valence electrons. The van der Waals surface area contributed by atoms with Crippen molar-refractivity contribution in [1.82, 2.24) is 0 Å². The fraction of sp³-hybridized carbons (Fsp3) is 0.450. The smallest absolute Gasteiger partial charge is 0.268 e. The van der Waals surface area contributed by atoms with Gasteiger partial charge in [-0.3, -0.25) is 14.4 Å². The van der Waals surface area contributed by atoms with E-state index in [4.69, 9.17) is 4.74 Å². The van der Waals surface area contributed by atoms with Gasteiger partial charge >= 0.3 is 0 Å². The van der Waals surface area contributed by atoms with E-state index in [1.54, 1.807) is 12.1 Å². The van der Waals surface area contributed by atoms with Crippen molar-refractivity contribution in [2.24, 2.45) is 5.92 Å². The normalized spacial score (nSPS) is 35.2. The predicted molar refractivity (Wildman–Crippen MR) is 102 cm³/mol. The molecule has 1 aromatic rings. The fourth-order valence-electron chi connectivity index (χ4n) is 3.43. The van der Waals surface area contributed by atoms with Crippen molar-refractivity contribution in [1.29, 1.82) is 0 Å². The van der Waals surface area contributed by atoms with Crippen LogP contribution in [0, 0.1) is 12.8 Å². The zero-order chi connectivity index (χ0) is 21.3. The average molecular weight is 422 g/mol. The summed E-state index contributed by atoms with van der Waals surface area (Å²) in [5, 5.41) is 40.8. The van der Waals surface area contributed by atoms with Crippen molar-refractivity contribution in [3.05, 3.63) is 42.0 Å². The Morgan fingerprint density at radius 3 is 2.34 bits per heavy atom. The van der Waals surface area contributed by atoms with Crippen molar-refractivity contribution < 1.29 is 39.5 Å². The maximum Gasteiger partial charge on any atom is 0.268 e. The Kier molecular flexibility index (Phi) is 6.37. The van der Waals surface area contributed by atoms with Crippen molar-refractivity contribution in [3.8, 4) is 0 Å². The van der Waals surface area contributed by atoms with Crippen molar-refractivity contribution >= 4 is 29.1 Å². The zero-order valence-electron chi connectivity index (χ0n) is 15.6.